The van der Waals surface area contributed by atoms with Crippen LogP contribution < -0.4 is 5.73 Å². The van der Waals surface area contributed by atoms with E-state index in [1.165, 1.54) is 0 Å². The molecule has 22 heavy (non-hydrogen) atoms. The van der Waals surface area contributed by atoms with Crippen molar-refractivity contribution in [3.63, 3.8) is 0 Å². The van der Waals surface area contributed by atoms with E-state index in [0.717, 1.165) is 37.2 Å². The molecule has 1 aromatic carbocycles. The predicted molar refractivity (Wildman–Crippen MR) is 91.2 cm³/mol. The zero-order valence-electron chi connectivity index (χ0n) is 12.1. The second-order valence-corrected chi connectivity index (χ2v) is 5.15. The van der Waals surface area contributed by atoms with Crippen LogP contribution in [0.15, 0.2) is 43.0 Å². The van der Waals surface area contributed by atoms with E-state index in [1.54, 1.807) is 12.5 Å². The number of hydrogen-bond acceptors (Lipinski definition) is 3. The quantitative estimate of drug-likeness (QED) is 0.910. The highest BCUT2D eigenvalue weighted by Gasteiger charge is 2.21. The van der Waals surface area contributed by atoms with E-state index < -0.39 is 0 Å². The predicted octanol–water partition coefficient (Wildman–Crippen LogP) is 2.28. The molecular formula is C15H20Cl2N4O. The molecule has 0 radical (unpaired) electrons. The van der Waals surface area contributed by atoms with Crippen LogP contribution in [0.1, 0.15) is 23.2 Å². The lowest BCUT2D eigenvalue weighted by Crippen LogP contribution is -2.42. The summed E-state index contributed by atoms with van der Waals surface area (Å²) in [5.41, 5.74) is 7.59. The van der Waals surface area contributed by atoms with E-state index in [0.29, 0.717) is 0 Å². The molecule has 0 saturated carbocycles. The van der Waals surface area contributed by atoms with E-state index in [9.17, 15) is 4.79 Å². The molecule has 0 atom stereocenters. The lowest BCUT2D eigenvalue weighted by Gasteiger charge is -2.30. The lowest BCUT2D eigenvalue weighted by molar-refractivity contribution is 0.0715. The molecular weight excluding hydrogens is 323 g/mol. The topological polar surface area (TPSA) is 64.2 Å². The first-order valence-electron chi connectivity index (χ1n) is 6.87. The fourth-order valence-corrected chi connectivity index (χ4v) is 2.47. The number of imidazole rings is 1. The Morgan fingerprint density at radius 1 is 1.14 bits per heavy atom. The third-order valence-corrected chi connectivity index (χ3v) is 3.74. The Bertz CT molecular complexity index is 578. The summed E-state index contributed by atoms with van der Waals surface area (Å²) in [6.07, 6.45) is 7.12. The van der Waals surface area contributed by atoms with Gasteiger partial charge in [0.2, 0.25) is 0 Å². The summed E-state index contributed by atoms with van der Waals surface area (Å²) in [6.45, 7) is 1.51. The highest BCUT2D eigenvalue weighted by atomic mass is 35.5. The largest absolute Gasteiger partial charge is 0.339 e. The standard InChI is InChI=1S/C15H18N4O.2ClH/c16-13-5-8-18(9-6-13)15(20)12-1-3-14(4-2-12)19-10-7-17-11-19;;/h1-4,7,10-11,13H,5-6,8-9,16H2;2*1H. The minimum absolute atomic E-state index is 0. The Morgan fingerprint density at radius 3 is 2.32 bits per heavy atom. The molecule has 1 amide bonds. The Kier molecular flexibility index (Phi) is 6.87. The number of carbonyl (C=O) groups excluding carboxylic acids is 1. The van der Waals surface area contributed by atoms with Gasteiger partial charge in [-0.15, -0.1) is 24.8 Å². The van der Waals surface area contributed by atoms with Gasteiger partial charge in [-0.05, 0) is 37.1 Å². The molecule has 0 bridgehead atoms. The number of amides is 1. The molecule has 0 spiro atoms. The van der Waals surface area contributed by atoms with E-state index in [1.807, 2.05) is 39.9 Å². The second kappa shape index (κ2) is 8.17. The number of aromatic nitrogens is 2. The number of halogens is 2. The number of piperidine rings is 1. The van der Waals surface area contributed by atoms with Gasteiger partial charge in [0, 0.05) is 42.8 Å². The number of nitrogens with two attached hydrogens (primary N) is 1. The summed E-state index contributed by atoms with van der Waals surface area (Å²) < 4.78 is 1.91. The Hall–Kier alpha value is -1.56. The molecule has 0 unspecified atom stereocenters. The Balaban J connectivity index is 0.00000121. The van der Waals surface area contributed by atoms with Crippen LogP contribution in [0.25, 0.3) is 5.69 Å². The zero-order valence-corrected chi connectivity index (χ0v) is 13.7. The van der Waals surface area contributed by atoms with Crippen LogP contribution >= 0.6 is 24.8 Å². The van der Waals surface area contributed by atoms with Crippen LogP contribution in [0, 0.1) is 0 Å². The van der Waals surface area contributed by atoms with Crippen molar-refractivity contribution < 1.29 is 4.79 Å². The maximum atomic E-state index is 12.4. The van der Waals surface area contributed by atoms with Crippen molar-refractivity contribution in [2.75, 3.05) is 13.1 Å². The fraction of sp³-hybridized carbons (Fsp3) is 0.333. The highest BCUT2D eigenvalue weighted by Crippen LogP contribution is 2.15. The SMILES string of the molecule is Cl.Cl.NC1CCN(C(=O)c2ccc(-n3ccnc3)cc2)CC1. The lowest BCUT2D eigenvalue weighted by atomic mass is 10.0. The van der Waals surface area contributed by atoms with Gasteiger partial charge in [0.25, 0.3) is 5.91 Å². The second-order valence-electron chi connectivity index (χ2n) is 5.15. The molecule has 7 heteroatoms. The summed E-state index contributed by atoms with van der Waals surface area (Å²) in [6, 6.07) is 7.84. The number of nitrogens with zero attached hydrogens (tertiary/aromatic N) is 3. The van der Waals surface area contributed by atoms with Crippen molar-refractivity contribution in [2.45, 2.75) is 18.9 Å². The van der Waals surface area contributed by atoms with Crippen LogP contribution in [0.5, 0.6) is 0 Å². The number of hydrogen-bond donors (Lipinski definition) is 1. The van der Waals surface area contributed by atoms with Crippen molar-refractivity contribution in [2.24, 2.45) is 5.73 Å². The van der Waals surface area contributed by atoms with Gasteiger partial charge in [-0.3, -0.25) is 4.79 Å². The summed E-state index contributed by atoms with van der Waals surface area (Å²) >= 11 is 0. The third kappa shape index (κ3) is 4.00. The number of likely N-dealkylation sites (tertiary alicyclic amines) is 1. The fourth-order valence-electron chi connectivity index (χ4n) is 2.47. The van der Waals surface area contributed by atoms with Crippen LogP contribution in [-0.2, 0) is 0 Å². The van der Waals surface area contributed by atoms with Gasteiger partial charge in [-0.25, -0.2) is 4.98 Å². The normalized spacial score (nSPS) is 14.9. The first-order valence-corrected chi connectivity index (χ1v) is 6.87. The van der Waals surface area contributed by atoms with Crippen molar-refractivity contribution in [3.05, 3.63) is 48.5 Å². The Morgan fingerprint density at radius 2 is 1.77 bits per heavy atom. The van der Waals surface area contributed by atoms with E-state index in [2.05, 4.69) is 4.98 Å². The summed E-state index contributed by atoms with van der Waals surface area (Å²) in [4.78, 5) is 18.3. The molecule has 3 rings (SSSR count). The molecule has 1 saturated heterocycles. The van der Waals surface area contributed by atoms with Crippen LogP contribution in [-0.4, -0.2) is 39.5 Å². The van der Waals surface area contributed by atoms with E-state index >= 15 is 0 Å². The number of rotatable bonds is 2. The molecule has 5 nitrogen and oxygen atoms in total. The Labute approximate surface area is 142 Å². The maximum absolute atomic E-state index is 12.4. The van der Waals surface area contributed by atoms with Gasteiger partial charge < -0.3 is 15.2 Å². The maximum Gasteiger partial charge on any atom is 0.253 e. The molecule has 2 N–H and O–H groups in total. The van der Waals surface area contributed by atoms with Crippen molar-refractivity contribution in [1.29, 1.82) is 0 Å². The molecule has 120 valence electrons. The number of benzene rings is 1. The van der Waals surface area contributed by atoms with E-state index in [4.69, 9.17) is 5.73 Å². The van der Waals surface area contributed by atoms with Gasteiger partial charge in [-0.2, -0.15) is 0 Å². The first kappa shape index (κ1) is 18.5. The molecule has 1 aromatic heterocycles. The van der Waals surface area contributed by atoms with Crippen molar-refractivity contribution in [1.82, 2.24) is 14.5 Å². The molecule has 1 fully saturated rings. The average Bonchev–Trinajstić information content (AvgIpc) is 3.02. The minimum Gasteiger partial charge on any atom is -0.339 e. The molecule has 2 heterocycles. The van der Waals surface area contributed by atoms with Crippen LogP contribution in [0.2, 0.25) is 0 Å². The monoisotopic (exact) mass is 342 g/mol. The first-order chi connectivity index (χ1) is 9.74. The molecule has 0 aliphatic carbocycles. The van der Waals surface area contributed by atoms with Gasteiger partial charge in [0.15, 0.2) is 0 Å². The summed E-state index contributed by atoms with van der Waals surface area (Å²) in [7, 11) is 0. The van der Waals surface area contributed by atoms with Gasteiger partial charge in [-0.1, -0.05) is 0 Å². The van der Waals surface area contributed by atoms with E-state index in [-0.39, 0.29) is 36.8 Å². The summed E-state index contributed by atoms with van der Waals surface area (Å²) in [5, 5.41) is 0. The van der Waals surface area contributed by atoms with Crippen LogP contribution in [0.4, 0.5) is 0 Å². The van der Waals surface area contributed by atoms with Crippen LogP contribution in [0.3, 0.4) is 0 Å². The third-order valence-electron chi connectivity index (χ3n) is 3.74. The van der Waals surface area contributed by atoms with Gasteiger partial charge in [0.1, 0.15) is 0 Å². The molecule has 1 aliphatic rings. The smallest absolute Gasteiger partial charge is 0.253 e. The molecule has 1 aliphatic heterocycles. The minimum atomic E-state index is 0. The number of carbonyl (C=O) groups is 1. The van der Waals surface area contributed by atoms with Crippen molar-refractivity contribution >= 4 is 30.7 Å². The average molecular weight is 343 g/mol. The van der Waals surface area contributed by atoms with Gasteiger partial charge >= 0.3 is 0 Å². The summed E-state index contributed by atoms with van der Waals surface area (Å²) in [5.74, 6) is 0.0917. The van der Waals surface area contributed by atoms with Gasteiger partial charge in [0.05, 0.1) is 6.33 Å². The molecule has 2 aromatic rings. The highest BCUT2D eigenvalue weighted by molar-refractivity contribution is 5.94. The zero-order chi connectivity index (χ0) is 13.9. The van der Waals surface area contributed by atoms with Crippen molar-refractivity contribution in [3.8, 4) is 5.69 Å².